The molecule has 54 heavy (non-hydrogen) atoms. The van der Waals surface area contributed by atoms with Crippen molar-refractivity contribution < 1.29 is 19.8 Å². The summed E-state index contributed by atoms with van der Waals surface area (Å²) in [5.74, 6) is -2.11. The molecule has 0 aromatic heterocycles. The lowest BCUT2D eigenvalue weighted by Crippen LogP contribution is -2.27. The number of aliphatic carboxylic acids is 1. The zero-order valence-corrected chi connectivity index (χ0v) is 30.8. The summed E-state index contributed by atoms with van der Waals surface area (Å²) in [4.78, 5) is 31.3. The van der Waals surface area contributed by atoms with Gasteiger partial charge in [-0.25, -0.2) is 4.79 Å². The highest BCUT2D eigenvalue weighted by molar-refractivity contribution is 6.51. The third-order valence-electron chi connectivity index (χ3n) is 9.77. The molecule has 0 unspecified atom stereocenters. The Kier molecular flexibility index (Phi) is 11.8. The average molecular weight is 719 g/mol. The van der Waals surface area contributed by atoms with Crippen LogP contribution >= 0.6 is 0 Å². The zero-order valence-electron chi connectivity index (χ0n) is 30.8. The number of carbonyl (C=O) groups is 2. The highest BCUT2D eigenvalue weighted by atomic mass is 16.4. The summed E-state index contributed by atoms with van der Waals surface area (Å²) in [5, 5.41) is 29.6. The first-order valence-electron chi connectivity index (χ1n) is 18.3. The third-order valence-corrected chi connectivity index (χ3v) is 9.77. The molecule has 8 heteroatoms. The van der Waals surface area contributed by atoms with Gasteiger partial charge in [0.25, 0.3) is 5.91 Å². The van der Waals surface area contributed by atoms with Gasteiger partial charge in [-0.15, -0.1) is 6.58 Å². The molecule has 8 nitrogen and oxygen atoms in total. The maximum Gasteiger partial charge on any atom is 0.354 e. The van der Waals surface area contributed by atoms with Crippen molar-refractivity contribution in [3.63, 3.8) is 0 Å². The van der Waals surface area contributed by atoms with Gasteiger partial charge in [0, 0.05) is 47.1 Å². The number of nitrogens with zero attached hydrogens (tertiary/aromatic N) is 2. The molecule has 5 aromatic rings. The van der Waals surface area contributed by atoms with Crippen LogP contribution in [0.3, 0.4) is 0 Å². The number of aryl methyl sites for hydroxylation is 4. The molecular formula is C46H46N4O4. The SMILES string of the molecule is C=CCO.Cc1ccc(N2CCCc3cc(C(=C(C(=N)C(=O)O)C(=O)Nc4ccccc4)c4ccc5c(c4)CCCN5c4ccc(C)cc4)ccc32)cc1. The number of nitrogens with one attached hydrogen (secondary N) is 2. The second kappa shape index (κ2) is 17.1. The summed E-state index contributed by atoms with van der Waals surface area (Å²) in [6.45, 7) is 9.24. The molecule has 2 heterocycles. The van der Waals surface area contributed by atoms with Crippen LogP contribution in [0.2, 0.25) is 0 Å². The molecule has 0 aliphatic carbocycles. The summed E-state index contributed by atoms with van der Waals surface area (Å²) in [6, 6.07) is 38.2. The number of hydrogen-bond donors (Lipinski definition) is 4. The predicted octanol–water partition coefficient (Wildman–Crippen LogP) is 9.18. The molecule has 0 fully saturated rings. The molecule has 0 radical (unpaired) electrons. The lowest BCUT2D eigenvalue weighted by atomic mass is 9.86. The Labute approximate surface area is 317 Å². The van der Waals surface area contributed by atoms with Crippen molar-refractivity contribution in [3.05, 3.63) is 167 Å². The van der Waals surface area contributed by atoms with Crippen molar-refractivity contribution in [2.75, 3.05) is 34.8 Å². The van der Waals surface area contributed by atoms with E-state index in [1.54, 1.807) is 24.3 Å². The van der Waals surface area contributed by atoms with Crippen LogP contribution < -0.4 is 15.1 Å². The molecular weight excluding hydrogens is 673 g/mol. The number of aliphatic hydroxyl groups is 1. The summed E-state index contributed by atoms with van der Waals surface area (Å²) in [5.41, 5.74) is 10.4. The van der Waals surface area contributed by atoms with E-state index in [1.165, 1.54) is 17.2 Å². The Morgan fingerprint density at radius 2 is 1.20 bits per heavy atom. The van der Waals surface area contributed by atoms with Crippen molar-refractivity contribution in [2.24, 2.45) is 0 Å². The van der Waals surface area contributed by atoms with Crippen molar-refractivity contribution in [2.45, 2.75) is 39.5 Å². The Morgan fingerprint density at radius 1 is 0.741 bits per heavy atom. The van der Waals surface area contributed by atoms with Gasteiger partial charge in [-0.05, 0) is 122 Å². The number of para-hydroxylation sites is 1. The fraction of sp³-hybridized carbons (Fsp3) is 0.196. The quantitative estimate of drug-likeness (QED) is 0.0686. The molecule has 0 bridgehead atoms. The molecule has 1 amide bonds. The summed E-state index contributed by atoms with van der Waals surface area (Å²) in [6.07, 6.45) is 5.01. The van der Waals surface area contributed by atoms with Crippen molar-refractivity contribution in [1.29, 1.82) is 5.41 Å². The molecule has 2 aliphatic heterocycles. The van der Waals surface area contributed by atoms with Crippen LogP contribution in [-0.2, 0) is 22.4 Å². The molecule has 0 saturated carbocycles. The minimum atomic E-state index is -1.47. The van der Waals surface area contributed by atoms with Crippen LogP contribution in [0, 0.1) is 19.3 Å². The number of carbonyl (C=O) groups excluding carboxylic acids is 1. The standard InChI is InChI=1S/C43H40N4O3.C3H6O/c1-28-12-18-35(19-13-28)46-24-6-8-30-26-32(16-22-37(30)46)39(40(41(44)43(49)50)42(48)45-34-10-4-3-5-11-34)33-17-23-38-31(27-33)9-7-25-47(38)36-20-14-29(2)15-21-36;1-2-3-4/h3-5,10-23,26-27,44H,6-9,24-25H2,1-2H3,(H,45,48)(H,49,50);2,4H,1,3H2. The number of fused-ring (bicyclic) bond motifs is 2. The van der Waals surface area contributed by atoms with E-state index < -0.39 is 17.6 Å². The van der Waals surface area contributed by atoms with Gasteiger partial charge in [-0.1, -0.05) is 71.8 Å². The lowest BCUT2D eigenvalue weighted by Gasteiger charge is -2.33. The predicted molar refractivity (Wildman–Crippen MR) is 220 cm³/mol. The largest absolute Gasteiger partial charge is 0.477 e. The molecule has 0 saturated heterocycles. The molecule has 2 aliphatic rings. The van der Waals surface area contributed by atoms with E-state index in [0.29, 0.717) is 22.4 Å². The van der Waals surface area contributed by atoms with Gasteiger partial charge in [0.15, 0.2) is 5.71 Å². The van der Waals surface area contributed by atoms with E-state index in [-0.39, 0.29) is 12.2 Å². The van der Waals surface area contributed by atoms with Crippen LogP contribution in [0.25, 0.3) is 5.57 Å². The topological polar surface area (TPSA) is 117 Å². The van der Waals surface area contributed by atoms with E-state index in [4.69, 9.17) is 10.5 Å². The first-order chi connectivity index (χ1) is 26.2. The number of rotatable bonds is 9. The number of carboxylic acids is 1. The number of anilines is 5. The van der Waals surface area contributed by atoms with Gasteiger partial charge >= 0.3 is 5.97 Å². The molecule has 4 N–H and O–H groups in total. The van der Waals surface area contributed by atoms with Gasteiger partial charge in [0.1, 0.15) is 0 Å². The van der Waals surface area contributed by atoms with Crippen molar-refractivity contribution in [3.8, 4) is 0 Å². The Balaban J connectivity index is 0.00000119. The molecule has 0 atom stereocenters. The van der Waals surface area contributed by atoms with E-state index in [9.17, 15) is 14.7 Å². The highest BCUT2D eigenvalue weighted by Crippen LogP contribution is 2.40. The number of benzene rings is 5. The van der Waals surface area contributed by atoms with Gasteiger partial charge < -0.3 is 25.3 Å². The van der Waals surface area contributed by atoms with Gasteiger partial charge in [0.2, 0.25) is 0 Å². The molecule has 5 aromatic carbocycles. The van der Waals surface area contributed by atoms with Gasteiger partial charge in [0.05, 0.1) is 12.2 Å². The summed E-state index contributed by atoms with van der Waals surface area (Å²) >= 11 is 0. The maximum absolute atomic E-state index is 14.2. The number of hydrogen-bond acceptors (Lipinski definition) is 6. The van der Waals surface area contributed by atoms with Crippen LogP contribution in [0.15, 0.2) is 133 Å². The molecule has 7 rings (SSSR count). The maximum atomic E-state index is 14.2. The fourth-order valence-electron chi connectivity index (χ4n) is 7.12. The van der Waals surface area contributed by atoms with Gasteiger partial charge in [-0.3, -0.25) is 10.2 Å². The Bertz CT molecular complexity index is 2080. The van der Waals surface area contributed by atoms with Crippen molar-refractivity contribution >= 4 is 51.6 Å². The zero-order chi connectivity index (χ0) is 38.2. The fourth-order valence-corrected chi connectivity index (χ4v) is 7.12. The summed E-state index contributed by atoms with van der Waals surface area (Å²) in [7, 11) is 0. The second-order valence-electron chi connectivity index (χ2n) is 13.6. The van der Waals surface area contributed by atoms with Crippen LogP contribution in [0.5, 0.6) is 0 Å². The van der Waals surface area contributed by atoms with Crippen LogP contribution in [0.1, 0.15) is 46.2 Å². The second-order valence-corrected chi connectivity index (χ2v) is 13.6. The lowest BCUT2D eigenvalue weighted by molar-refractivity contribution is -0.129. The highest BCUT2D eigenvalue weighted by Gasteiger charge is 2.29. The number of carboxylic acid groups (broad SMARTS) is 1. The number of aliphatic hydroxyl groups excluding tert-OH is 1. The molecule has 274 valence electrons. The van der Waals surface area contributed by atoms with Gasteiger partial charge in [-0.2, -0.15) is 0 Å². The normalized spacial score (nSPS) is 13.0. The first-order valence-corrected chi connectivity index (χ1v) is 18.3. The Morgan fingerprint density at radius 3 is 1.63 bits per heavy atom. The van der Waals surface area contributed by atoms with E-state index in [1.807, 2.05) is 18.2 Å². The number of amides is 1. The van der Waals surface area contributed by atoms with Crippen LogP contribution in [-0.4, -0.2) is 47.5 Å². The average Bonchev–Trinajstić information content (AvgIpc) is 3.20. The monoisotopic (exact) mass is 718 g/mol. The third kappa shape index (κ3) is 8.35. The van der Waals surface area contributed by atoms with E-state index in [2.05, 4.69) is 108 Å². The van der Waals surface area contributed by atoms with E-state index in [0.717, 1.165) is 72.6 Å². The smallest absolute Gasteiger partial charge is 0.354 e. The molecule has 0 spiro atoms. The van der Waals surface area contributed by atoms with E-state index >= 15 is 0 Å². The minimum absolute atomic E-state index is 0.0833. The minimum Gasteiger partial charge on any atom is -0.477 e. The summed E-state index contributed by atoms with van der Waals surface area (Å²) < 4.78 is 0. The first kappa shape index (κ1) is 37.5. The van der Waals surface area contributed by atoms with Crippen LogP contribution in [0.4, 0.5) is 28.4 Å². The Hall–Kier alpha value is -6.25. The van der Waals surface area contributed by atoms with Crippen molar-refractivity contribution in [1.82, 2.24) is 0 Å².